The van der Waals surface area contributed by atoms with Gasteiger partial charge >= 0.3 is 0 Å². The first-order valence-corrected chi connectivity index (χ1v) is 4.22. The van der Waals surface area contributed by atoms with Crippen molar-refractivity contribution in [2.24, 2.45) is 0 Å². The van der Waals surface area contributed by atoms with E-state index in [1.54, 1.807) is 6.92 Å². The fraction of sp³-hybridized carbons (Fsp3) is 1.00. The second kappa shape index (κ2) is 3.68. The highest BCUT2D eigenvalue weighted by Gasteiger charge is 2.43. The Morgan fingerprint density at radius 2 is 1.60 bits per heavy atom. The van der Waals surface area contributed by atoms with E-state index in [2.05, 4.69) is 0 Å². The molecule has 0 saturated carbocycles. The van der Waals surface area contributed by atoms with Crippen molar-refractivity contribution in [3.8, 4) is 0 Å². The SMILES string of the molecule is CCOC(C)(Cl)C(Cl)(Cl)Cl. The molecule has 0 N–H and O–H groups in total. The molecule has 0 amide bonds. The van der Waals surface area contributed by atoms with Gasteiger partial charge in [-0.3, -0.25) is 0 Å². The van der Waals surface area contributed by atoms with Crippen LogP contribution in [0.3, 0.4) is 0 Å². The number of ether oxygens (including phenoxy) is 1. The van der Waals surface area contributed by atoms with Gasteiger partial charge in [0.2, 0.25) is 3.79 Å². The zero-order chi connectivity index (χ0) is 8.41. The highest BCUT2D eigenvalue weighted by Crippen LogP contribution is 2.43. The molecule has 0 rings (SSSR count). The predicted molar refractivity (Wildman–Crippen MR) is 46.2 cm³/mol. The number of alkyl halides is 4. The molecule has 0 aromatic carbocycles. The first-order valence-electron chi connectivity index (χ1n) is 2.71. The van der Waals surface area contributed by atoms with Gasteiger partial charge in [-0.1, -0.05) is 46.4 Å². The summed E-state index contributed by atoms with van der Waals surface area (Å²) in [5.41, 5.74) is 0. The Balaban J connectivity index is 4.10. The van der Waals surface area contributed by atoms with Gasteiger partial charge in [0.1, 0.15) is 0 Å². The lowest BCUT2D eigenvalue weighted by molar-refractivity contribution is 0.0448. The Kier molecular flexibility index (Phi) is 4.09. The van der Waals surface area contributed by atoms with Crippen LogP contribution in [0.5, 0.6) is 0 Å². The van der Waals surface area contributed by atoms with E-state index < -0.39 is 8.85 Å². The Bertz CT molecular complexity index is 107. The summed E-state index contributed by atoms with van der Waals surface area (Å²) in [5, 5.41) is -1.24. The van der Waals surface area contributed by atoms with E-state index in [0.717, 1.165) is 0 Å². The van der Waals surface area contributed by atoms with Crippen molar-refractivity contribution >= 4 is 46.4 Å². The molecule has 0 bridgehead atoms. The molecule has 5 heteroatoms. The molecule has 0 aliphatic rings. The highest BCUT2D eigenvalue weighted by molar-refractivity contribution is 6.70. The van der Waals surface area contributed by atoms with Crippen LogP contribution in [0.15, 0.2) is 0 Å². The van der Waals surface area contributed by atoms with Crippen molar-refractivity contribution in [2.45, 2.75) is 22.7 Å². The van der Waals surface area contributed by atoms with Gasteiger partial charge in [0, 0.05) is 6.61 Å². The normalized spacial score (nSPS) is 18.6. The molecule has 0 fully saturated rings. The molecule has 0 saturated heterocycles. The van der Waals surface area contributed by atoms with Crippen molar-refractivity contribution < 1.29 is 4.74 Å². The molecule has 0 aromatic heterocycles. The third-order valence-electron chi connectivity index (χ3n) is 0.922. The largest absolute Gasteiger partial charge is 0.356 e. The number of hydrogen-bond acceptors (Lipinski definition) is 1. The van der Waals surface area contributed by atoms with Crippen molar-refractivity contribution in [1.29, 1.82) is 0 Å². The molecule has 0 aliphatic carbocycles. The van der Waals surface area contributed by atoms with E-state index in [4.69, 9.17) is 51.1 Å². The van der Waals surface area contributed by atoms with Gasteiger partial charge in [-0.05, 0) is 13.8 Å². The topological polar surface area (TPSA) is 9.23 Å². The van der Waals surface area contributed by atoms with Crippen LogP contribution in [-0.4, -0.2) is 15.5 Å². The summed E-state index contributed by atoms with van der Waals surface area (Å²) in [6.45, 7) is 3.69. The zero-order valence-corrected chi connectivity index (χ0v) is 8.65. The maximum atomic E-state index is 5.69. The van der Waals surface area contributed by atoms with E-state index in [-0.39, 0.29) is 0 Å². The van der Waals surface area contributed by atoms with Crippen molar-refractivity contribution in [3.63, 3.8) is 0 Å². The van der Waals surface area contributed by atoms with Gasteiger partial charge in [-0.15, -0.1) is 0 Å². The molecule has 62 valence electrons. The average molecular weight is 226 g/mol. The maximum Gasteiger partial charge on any atom is 0.232 e. The molecule has 10 heavy (non-hydrogen) atoms. The van der Waals surface area contributed by atoms with Gasteiger partial charge in [0.05, 0.1) is 0 Å². The summed E-state index contributed by atoms with van der Waals surface area (Å²) in [6.07, 6.45) is 0. The third kappa shape index (κ3) is 3.02. The summed E-state index contributed by atoms with van der Waals surface area (Å²) in [5.74, 6) is 0. The molecule has 0 heterocycles. The van der Waals surface area contributed by atoms with Crippen LogP contribution in [0.1, 0.15) is 13.8 Å². The van der Waals surface area contributed by atoms with Crippen LogP contribution in [0.4, 0.5) is 0 Å². The molecule has 1 atom stereocenters. The second-order valence-electron chi connectivity index (χ2n) is 1.85. The third-order valence-corrected chi connectivity index (χ3v) is 2.69. The van der Waals surface area contributed by atoms with Crippen LogP contribution in [-0.2, 0) is 4.74 Å². The number of halogens is 4. The van der Waals surface area contributed by atoms with Crippen molar-refractivity contribution in [1.82, 2.24) is 0 Å². The monoisotopic (exact) mass is 224 g/mol. The minimum atomic E-state index is -1.59. The average Bonchev–Trinajstić information content (AvgIpc) is 1.61. The van der Waals surface area contributed by atoms with Crippen LogP contribution >= 0.6 is 46.4 Å². The molecule has 0 aliphatic heterocycles. The summed E-state index contributed by atoms with van der Waals surface area (Å²) in [7, 11) is 0. The van der Waals surface area contributed by atoms with Gasteiger partial charge < -0.3 is 4.74 Å². The first-order chi connectivity index (χ1) is 4.31. The van der Waals surface area contributed by atoms with E-state index in [1.807, 2.05) is 0 Å². The molecule has 1 nitrogen and oxygen atoms in total. The van der Waals surface area contributed by atoms with Gasteiger partial charge in [-0.25, -0.2) is 0 Å². The van der Waals surface area contributed by atoms with Gasteiger partial charge in [0.25, 0.3) is 0 Å². The lowest BCUT2D eigenvalue weighted by atomic mass is 10.4. The molecule has 0 spiro atoms. The number of hydrogen-bond donors (Lipinski definition) is 0. The lowest BCUT2D eigenvalue weighted by Crippen LogP contribution is -2.36. The molecular weight excluding hydrogens is 218 g/mol. The summed E-state index contributed by atoms with van der Waals surface area (Å²) >= 11 is 22.1. The molecular formula is C5H8Cl4O. The van der Waals surface area contributed by atoms with Crippen LogP contribution in [0.2, 0.25) is 0 Å². The van der Waals surface area contributed by atoms with Gasteiger partial charge in [-0.2, -0.15) is 0 Å². The Hall–Kier alpha value is 1.12. The maximum absolute atomic E-state index is 5.69. The Labute approximate surface area is 80.5 Å². The van der Waals surface area contributed by atoms with Gasteiger partial charge in [0.15, 0.2) is 5.06 Å². The quantitative estimate of drug-likeness (QED) is 0.656. The van der Waals surface area contributed by atoms with E-state index in [9.17, 15) is 0 Å². The summed E-state index contributed by atoms with van der Waals surface area (Å²) < 4.78 is 3.37. The molecule has 1 unspecified atom stereocenters. The molecule has 0 aromatic rings. The predicted octanol–water partition coefficient (Wildman–Crippen LogP) is 3.35. The van der Waals surface area contributed by atoms with Crippen molar-refractivity contribution in [2.75, 3.05) is 6.61 Å². The molecule has 0 radical (unpaired) electrons. The minimum Gasteiger partial charge on any atom is -0.356 e. The fourth-order valence-corrected chi connectivity index (χ4v) is 0.626. The smallest absolute Gasteiger partial charge is 0.232 e. The first kappa shape index (κ1) is 11.1. The Morgan fingerprint density at radius 3 is 1.70 bits per heavy atom. The van der Waals surface area contributed by atoms with E-state index in [0.29, 0.717) is 6.61 Å². The zero-order valence-electron chi connectivity index (χ0n) is 5.63. The fourth-order valence-electron chi connectivity index (χ4n) is 0.353. The van der Waals surface area contributed by atoms with E-state index >= 15 is 0 Å². The van der Waals surface area contributed by atoms with Crippen LogP contribution in [0, 0.1) is 0 Å². The number of rotatable bonds is 2. The standard InChI is InChI=1S/C5H8Cl4O/c1-3-10-4(2,6)5(7,8)9/h3H2,1-2H3. The summed E-state index contributed by atoms with van der Waals surface area (Å²) in [4.78, 5) is 0. The van der Waals surface area contributed by atoms with Crippen LogP contribution < -0.4 is 0 Å². The van der Waals surface area contributed by atoms with Crippen molar-refractivity contribution in [3.05, 3.63) is 0 Å². The lowest BCUT2D eigenvalue weighted by Gasteiger charge is -2.28. The minimum absolute atomic E-state index is 0.411. The summed E-state index contributed by atoms with van der Waals surface area (Å²) in [6, 6.07) is 0. The van der Waals surface area contributed by atoms with Crippen LogP contribution in [0.25, 0.3) is 0 Å². The second-order valence-corrected chi connectivity index (χ2v) is 4.85. The Morgan fingerprint density at radius 1 is 1.20 bits per heavy atom. The van der Waals surface area contributed by atoms with E-state index in [1.165, 1.54) is 6.92 Å². The highest BCUT2D eigenvalue weighted by atomic mass is 35.6.